The van der Waals surface area contributed by atoms with E-state index in [1.807, 2.05) is 0 Å². The van der Waals surface area contributed by atoms with Gasteiger partial charge in [0, 0.05) is 11.5 Å². The van der Waals surface area contributed by atoms with Crippen molar-refractivity contribution in [2.24, 2.45) is 11.8 Å². The van der Waals surface area contributed by atoms with Gasteiger partial charge >= 0.3 is 5.97 Å². The zero-order chi connectivity index (χ0) is 11.7. The minimum atomic E-state index is -0.765. The summed E-state index contributed by atoms with van der Waals surface area (Å²) >= 11 is 0. The molecule has 0 spiro atoms. The number of fused-ring (bicyclic) bond motifs is 3. The number of aliphatic hydroxyl groups excluding tert-OH is 1. The summed E-state index contributed by atoms with van der Waals surface area (Å²) < 4.78 is 4.71. The monoisotopic (exact) mass is 224 g/mol. The van der Waals surface area contributed by atoms with Gasteiger partial charge in [0.25, 0.3) is 0 Å². The van der Waals surface area contributed by atoms with Crippen LogP contribution in [0.2, 0.25) is 0 Å². The summed E-state index contributed by atoms with van der Waals surface area (Å²) in [5.41, 5.74) is 0.320. The Kier molecular flexibility index (Phi) is 2.99. The lowest BCUT2D eigenvalue weighted by Gasteiger charge is -2.36. The number of carbonyl (C=O) groups is 2. The molecule has 0 aromatic rings. The van der Waals surface area contributed by atoms with Crippen LogP contribution in [0.15, 0.2) is 11.3 Å². The molecule has 4 heteroatoms. The summed E-state index contributed by atoms with van der Waals surface area (Å²) in [4.78, 5) is 23.3. The first-order valence-corrected chi connectivity index (χ1v) is 5.79. The Morgan fingerprint density at radius 2 is 1.88 bits per heavy atom. The third-order valence-electron chi connectivity index (χ3n) is 3.50. The molecule has 0 radical (unpaired) electrons. The number of aliphatic hydroxyl groups is 1. The minimum Gasteiger partial charge on any atom is -0.502 e. The van der Waals surface area contributed by atoms with Crippen molar-refractivity contribution in [3.63, 3.8) is 0 Å². The molecule has 0 heterocycles. The van der Waals surface area contributed by atoms with Crippen LogP contribution in [0.25, 0.3) is 0 Å². The van der Waals surface area contributed by atoms with Crippen molar-refractivity contribution in [1.29, 1.82) is 0 Å². The van der Waals surface area contributed by atoms with Crippen LogP contribution >= 0.6 is 0 Å². The molecule has 0 aliphatic heterocycles. The summed E-state index contributed by atoms with van der Waals surface area (Å²) in [6, 6.07) is 0. The van der Waals surface area contributed by atoms with Crippen molar-refractivity contribution in [3.05, 3.63) is 11.3 Å². The Hall–Kier alpha value is -1.32. The Morgan fingerprint density at radius 3 is 2.38 bits per heavy atom. The average molecular weight is 224 g/mol. The first-order valence-electron chi connectivity index (χ1n) is 5.79. The molecule has 3 fully saturated rings. The van der Waals surface area contributed by atoms with E-state index in [-0.39, 0.29) is 24.2 Å². The smallest absolute Gasteiger partial charge is 0.373 e. The van der Waals surface area contributed by atoms with Gasteiger partial charge in [-0.2, -0.15) is 0 Å². The summed E-state index contributed by atoms with van der Waals surface area (Å²) in [6.07, 6.45) is 3.58. The van der Waals surface area contributed by atoms with Gasteiger partial charge in [0.1, 0.15) is 0 Å². The molecule has 0 unspecified atom stereocenters. The molecule has 88 valence electrons. The molecule has 0 aromatic carbocycles. The van der Waals surface area contributed by atoms with Gasteiger partial charge in [-0.1, -0.05) is 0 Å². The number of rotatable bonds is 2. The number of ether oxygens (including phenoxy) is 1. The van der Waals surface area contributed by atoms with Crippen LogP contribution in [0.4, 0.5) is 0 Å². The molecule has 2 bridgehead atoms. The number of esters is 1. The van der Waals surface area contributed by atoms with Crippen LogP contribution in [0.5, 0.6) is 0 Å². The van der Waals surface area contributed by atoms with Gasteiger partial charge in [0.15, 0.2) is 5.78 Å². The summed E-state index contributed by atoms with van der Waals surface area (Å²) in [7, 11) is 0. The molecular weight excluding hydrogens is 208 g/mol. The van der Waals surface area contributed by atoms with E-state index >= 15 is 0 Å². The second-order valence-electron chi connectivity index (χ2n) is 4.40. The number of ketones is 1. The molecule has 0 aromatic heterocycles. The van der Waals surface area contributed by atoms with E-state index in [2.05, 4.69) is 0 Å². The standard InChI is InChI=1S/C12H16O4/c1-2-16-12(15)11(14)9-7-3-5-8(6-4-7)10(9)13/h7-8,14H,2-6H2,1H3/b11-9+. The van der Waals surface area contributed by atoms with Crippen LogP contribution in [0, 0.1) is 11.8 Å². The van der Waals surface area contributed by atoms with E-state index in [1.54, 1.807) is 6.92 Å². The maximum atomic E-state index is 11.9. The second-order valence-corrected chi connectivity index (χ2v) is 4.40. The fourth-order valence-electron chi connectivity index (χ4n) is 2.68. The molecule has 3 aliphatic rings. The lowest BCUT2D eigenvalue weighted by atomic mass is 9.66. The highest BCUT2D eigenvalue weighted by Crippen LogP contribution is 2.43. The molecule has 3 saturated carbocycles. The van der Waals surface area contributed by atoms with Gasteiger partial charge in [0.05, 0.1) is 6.61 Å². The summed E-state index contributed by atoms with van der Waals surface area (Å²) in [5.74, 6) is -1.20. The van der Waals surface area contributed by atoms with Crippen molar-refractivity contribution >= 4 is 11.8 Å². The maximum absolute atomic E-state index is 11.9. The Morgan fingerprint density at radius 1 is 1.31 bits per heavy atom. The van der Waals surface area contributed by atoms with Gasteiger partial charge < -0.3 is 9.84 Å². The number of hydrogen-bond donors (Lipinski definition) is 1. The molecule has 1 N–H and O–H groups in total. The quantitative estimate of drug-likeness (QED) is 0.441. The van der Waals surface area contributed by atoms with Gasteiger partial charge in [-0.15, -0.1) is 0 Å². The van der Waals surface area contributed by atoms with Crippen LogP contribution in [-0.4, -0.2) is 23.5 Å². The SMILES string of the molecule is CCOC(=O)/C(O)=C1\C(=O)C2CCC1CC2. The van der Waals surface area contributed by atoms with Gasteiger partial charge in [-0.3, -0.25) is 4.79 Å². The minimum absolute atomic E-state index is 0.0107. The zero-order valence-electron chi connectivity index (χ0n) is 9.36. The molecule has 16 heavy (non-hydrogen) atoms. The normalized spacial score (nSPS) is 31.4. The third kappa shape index (κ3) is 1.72. The van der Waals surface area contributed by atoms with Crippen molar-refractivity contribution in [1.82, 2.24) is 0 Å². The predicted molar refractivity (Wildman–Crippen MR) is 56.7 cm³/mol. The highest BCUT2D eigenvalue weighted by atomic mass is 16.5. The molecular formula is C12H16O4. The topological polar surface area (TPSA) is 63.6 Å². The molecule has 0 atom stereocenters. The van der Waals surface area contributed by atoms with Crippen molar-refractivity contribution in [2.75, 3.05) is 6.61 Å². The van der Waals surface area contributed by atoms with Crippen LogP contribution in [-0.2, 0) is 14.3 Å². The van der Waals surface area contributed by atoms with Gasteiger partial charge in [-0.05, 0) is 38.5 Å². The summed E-state index contributed by atoms with van der Waals surface area (Å²) in [6.45, 7) is 1.88. The van der Waals surface area contributed by atoms with E-state index in [0.29, 0.717) is 5.57 Å². The maximum Gasteiger partial charge on any atom is 0.373 e. The van der Waals surface area contributed by atoms with E-state index in [0.717, 1.165) is 25.7 Å². The van der Waals surface area contributed by atoms with E-state index in [1.165, 1.54) is 0 Å². The predicted octanol–water partition coefficient (Wildman–Crippen LogP) is 1.75. The first kappa shape index (κ1) is 11.2. The van der Waals surface area contributed by atoms with Gasteiger partial charge in [-0.25, -0.2) is 4.79 Å². The lowest BCUT2D eigenvalue weighted by molar-refractivity contribution is -0.142. The zero-order valence-corrected chi connectivity index (χ0v) is 9.36. The Balaban J connectivity index is 2.28. The Labute approximate surface area is 94.3 Å². The fraction of sp³-hybridized carbons (Fsp3) is 0.667. The molecule has 3 rings (SSSR count). The lowest BCUT2D eigenvalue weighted by Crippen LogP contribution is -2.36. The fourth-order valence-corrected chi connectivity index (χ4v) is 2.68. The van der Waals surface area contributed by atoms with Crippen molar-refractivity contribution < 1.29 is 19.4 Å². The number of hydrogen-bond acceptors (Lipinski definition) is 4. The summed E-state index contributed by atoms with van der Waals surface area (Å²) in [5, 5.41) is 9.75. The van der Waals surface area contributed by atoms with Crippen molar-refractivity contribution in [2.45, 2.75) is 32.6 Å². The highest BCUT2D eigenvalue weighted by molar-refractivity contribution is 6.05. The average Bonchev–Trinajstić information content (AvgIpc) is 2.30. The highest BCUT2D eigenvalue weighted by Gasteiger charge is 2.41. The van der Waals surface area contributed by atoms with Crippen molar-refractivity contribution in [3.8, 4) is 0 Å². The number of allylic oxidation sites excluding steroid dienone is 1. The largest absolute Gasteiger partial charge is 0.502 e. The third-order valence-corrected chi connectivity index (χ3v) is 3.50. The molecule has 4 nitrogen and oxygen atoms in total. The number of carbonyl (C=O) groups excluding carboxylic acids is 2. The van der Waals surface area contributed by atoms with E-state index in [4.69, 9.17) is 4.74 Å². The van der Waals surface area contributed by atoms with E-state index < -0.39 is 11.7 Å². The van der Waals surface area contributed by atoms with Crippen LogP contribution in [0.3, 0.4) is 0 Å². The molecule has 0 saturated heterocycles. The van der Waals surface area contributed by atoms with Gasteiger partial charge in [0.2, 0.25) is 5.76 Å². The first-order chi connectivity index (χ1) is 7.65. The van der Waals surface area contributed by atoms with Crippen LogP contribution in [0.1, 0.15) is 32.6 Å². The van der Waals surface area contributed by atoms with E-state index in [9.17, 15) is 14.7 Å². The number of Topliss-reactive ketones (excluding diaryl/α,β-unsaturated/α-hetero) is 1. The van der Waals surface area contributed by atoms with Crippen LogP contribution < -0.4 is 0 Å². The second kappa shape index (κ2) is 4.28. The molecule has 3 aliphatic carbocycles. The Bertz CT molecular complexity index is 348. The molecule has 0 amide bonds.